The second-order valence-corrected chi connectivity index (χ2v) is 6.62. The smallest absolute Gasteiger partial charge is 0.0755 e. The van der Waals surface area contributed by atoms with E-state index >= 15 is 0 Å². The topological polar surface area (TPSA) is 28.6 Å². The Bertz CT molecular complexity index is 660. The van der Waals surface area contributed by atoms with Crippen LogP contribution in [-0.4, -0.2) is 60.7 Å². The molecule has 0 saturated carbocycles. The van der Waals surface area contributed by atoms with Gasteiger partial charge in [0.1, 0.15) is 0 Å². The fourth-order valence-electron chi connectivity index (χ4n) is 3.70. The van der Waals surface area contributed by atoms with E-state index in [0.29, 0.717) is 12.0 Å². The first-order valence-corrected chi connectivity index (χ1v) is 8.15. The Kier molecular flexibility index (Phi) is 3.82. The predicted octanol–water partition coefficient (Wildman–Crippen LogP) is 2.00. The van der Waals surface area contributed by atoms with Gasteiger partial charge in [0, 0.05) is 44.0 Å². The molecule has 4 heteroatoms. The molecule has 0 aliphatic carbocycles. The highest BCUT2D eigenvalue weighted by molar-refractivity contribution is 5.78. The lowest BCUT2D eigenvalue weighted by atomic mass is 10.1. The number of likely N-dealkylation sites (N-methyl/N-ethyl adjacent to an activating group) is 1. The standard InChI is InChI=1S/C18H23N3O/c1-20-8-9-22-18-13-21(11-15(18)10-20)12-16-7-6-14-4-2-3-5-17(14)19-16/h2-7,15,18H,8-13H2,1H3/t15-,18+/m1/s1. The summed E-state index contributed by atoms with van der Waals surface area (Å²) in [6.07, 6.45) is 0.394. The zero-order valence-electron chi connectivity index (χ0n) is 13.1. The average Bonchev–Trinajstić information content (AvgIpc) is 2.80. The van der Waals surface area contributed by atoms with Crippen molar-refractivity contribution in [2.75, 3.05) is 39.8 Å². The Morgan fingerprint density at radius 2 is 2.05 bits per heavy atom. The van der Waals surface area contributed by atoms with E-state index < -0.39 is 0 Å². The van der Waals surface area contributed by atoms with Crippen molar-refractivity contribution in [3.63, 3.8) is 0 Å². The Labute approximate surface area is 131 Å². The Morgan fingerprint density at radius 3 is 3.00 bits per heavy atom. The van der Waals surface area contributed by atoms with Crippen molar-refractivity contribution in [1.82, 2.24) is 14.8 Å². The number of rotatable bonds is 2. The highest BCUT2D eigenvalue weighted by atomic mass is 16.5. The highest BCUT2D eigenvalue weighted by Crippen LogP contribution is 2.24. The van der Waals surface area contributed by atoms with E-state index in [-0.39, 0.29) is 0 Å². The number of hydrogen-bond acceptors (Lipinski definition) is 4. The normalized spacial score (nSPS) is 27.0. The molecule has 2 atom stereocenters. The quantitative estimate of drug-likeness (QED) is 0.848. The van der Waals surface area contributed by atoms with Crippen LogP contribution in [-0.2, 0) is 11.3 Å². The zero-order valence-corrected chi connectivity index (χ0v) is 13.1. The summed E-state index contributed by atoms with van der Waals surface area (Å²) in [7, 11) is 2.19. The van der Waals surface area contributed by atoms with Crippen LogP contribution in [0.15, 0.2) is 36.4 Å². The maximum Gasteiger partial charge on any atom is 0.0755 e. The second-order valence-electron chi connectivity index (χ2n) is 6.62. The summed E-state index contributed by atoms with van der Waals surface area (Å²) in [5.41, 5.74) is 2.24. The average molecular weight is 297 g/mol. The fourth-order valence-corrected chi connectivity index (χ4v) is 3.70. The minimum Gasteiger partial charge on any atom is -0.375 e. The molecule has 22 heavy (non-hydrogen) atoms. The van der Waals surface area contributed by atoms with Gasteiger partial charge in [0.2, 0.25) is 0 Å². The molecule has 2 aromatic rings. The van der Waals surface area contributed by atoms with Gasteiger partial charge in [-0.2, -0.15) is 0 Å². The van der Waals surface area contributed by atoms with Crippen molar-refractivity contribution in [2.24, 2.45) is 5.92 Å². The molecule has 0 radical (unpaired) electrons. The number of nitrogens with zero attached hydrogens (tertiary/aromatic N) is 3. The van der Waals surface area contributed by atoms with Gasteiger partial charge in [-0.05, 0) is 19.2 Å². The van der Waals surface area contributed by atoms with Gasteiger partial charge in [-0.1, -0.05) is 24.3 Å². The molecule has 3 heterocycles. The Hall–Kier alpha value is -1.49. The molecule has 0 unspecified atom stereocenters. The molecule has 2 aliphatic rings. The van der Waals surface area contributed by atoms with E-state index in [1.165, 1.54) is 5.39 Å². The van der Waals surface area contributed by atoms with Gasteiger partial charge in [-0.15, -0.1) is 0 Å². The van der Waals surface area contributed by atoms with E-state index in [1.54, 1.807) is 0 Å². The van der Waals surface area contributed by atoms with Gasteiger partial charge < -0.3 is 9.64 Å². The number of ether oxygens (including phenoxy) is 1. The molecule has 116 valence electrons. The zero-order chi connectivity index (χ0) is 14.9. The van der Waals surface area contributed by atoms with Crippen molar-refractivity contribution in [3.05, 3.63) is 42.1 Å². The number of para-hydroxylation sites is 1. The summed E-state index contributed by atoms with van der Waals surface area (Å²) in [5, 5.41) is 1.21. The van der Waals surface area contributed by atoms with Crippen LogP contribution in [0.5, 0.6) is 0 Å². The number of hydrogen-bond donors (Lipinski definition) is 0. The van der Waals surface area contributed by atoms with E-state index in [4.69, 9.17) is 9.72 Å². The van der Waals surface area contributed by atoms with Gasteiger partial charge in [-0.3, -0.25) is 9.88 Å². The molecule has 0 bridgehead atoms. The SMILES string of the molecule is CN1CCO[C@H]2CN(Cc3ccc4ccccc4n3)C[C@H]2C1. The number of benzene rings is 1. The molecule has 1 aromatic carbocycles. The molecule has 0 spiro atoms. The molecule has 2 fully saturated rings. The van der Waals surface area contributed by atoms with Crippen LogP contribution in [0.2, 0.25) is 0 Å². The minimum absolute atomic E-state index is 0.394. The monoisotopic (exact) mass is 297 g/mol. The molecule has 0 amide bonds. The van der Waals surface area contributed by atoms with Crippen LogP contribution in [0.1, 0.15) is 5.69 Å². The first kappa shape index (κ1) is 14.1. The third kappa shape index (κ3) is 2.86. The molecule has 2 aliphatic heterocycles. The fraction of sp³-hybridized carbons (Fsp3) is 0.500. The van der Waals surface area contributed by atoms with Crippen LogP contribution >= 0.6 is 0 Å². The molecular weight excluding hydrogens is 274 g/mol. The van der Waals surface area contributed by atoms with Crippen molar-refractivity contribution in [1.29, 1.82) is 0 Å². The largest absolute Gasteiger partial charge is 0.375 e. The summed E-state index contributed by atoms with van der Waals surface area (Å²) in [5.74, 6) is 0.632. The van der Waals surface area contributed by atoms with Gasteiger partial charge in [-0.25, -0.2) is 0 Å². The predicted molar refractivity (Wildman–Crippen MR) is 87.7 cm³/mol. The van der Waals surface area contributed by atoms with E-state index in [0.717, 1.165) is 50.5 Å². The summed E-state index contributed by atoms with van der Waals surface area (Å²) in [4.78, 5) is 9.68. The second kappa shape index (κ2) is 5.95. The van der Waals surface area contributed by atoms with Crippen molar-refractivity contribution >= 4 is 10.9 Å². The molecule has 1 aromatic heterocycles. The van der Waals surface area contributed by atoms with Crippen LogP contribution in [0.3, 0.4) is 0 Å². The third-order valence-electron chi connectivity index (χ3n) is 4.85. The van der Waals surface area contributed by atoms with Crippen molar-refractivity contribution in [3.8, 4) is 0 Å². The summed E-state index contributed by atoms with van der Waals surface area (Å²) in [6, 6.07) is 12.6. The maximum absolute atomic E-state index is 6.03. The van der Waals surface area contributed by atoms with E-state index in [2.05, 4.69) is 53.2 Å². The van der Waals surface area contributed by atoms with Gasteiger partial charge in [0.25, 0.3) is 0 Å². The number of aromatic nitrogens is 1. The van der Waals surface area contributed by atoms with Gasteiger partial charge in [0.15, 0.2) is 0 Å². The van der Waals surface area contributed by atoms with Crippen LogP contribution in [0.25, 0.3) is 10.9 Å². The van der Waals surface area contributed by atoms with Crippen molar-refractivity contribution < 1.29 is 4.74 Å². The first-order valence-electron chi connectivity index (χ1n) is 8.15. The highest BCUT2D eigenvalue weighted by Gasteiger charge is 2.35. The van der Waals surface area contributed by atoms with Crippen molar-refractivity contribution in [2.45, 2.75) is 12.6 Å². The molecular formula is C18H23N3O. The maximum atomic E-state index is 6.03. The van der Waals surface area contributed by atoms with Gasteiger partial charge in [0.05, 0.1) is 23.9 Å². The lowest BCUT2D eigenvalue weighted by Crippen LogP contribution is -2.29. The van der Waals surface area contributed by atoms with E-state index in [9.17, 15) is 0 Å². The number of fused-ring (bicyclic) bond motifs is 2. The Morgan fingerprint density at radius 1 is 1.14 bits per heavy atom. The molecule has 0 N–H and O–H groups in total. The summed E-state index contributed by atoms with van der Waals surface area (Å²) in [6.45, 7) is 6.13. The lowest BCUT2D eigenvalue weighted by Gasteiger charge is -2.19. The van der Waals surface area contributed by atoms with Crippen LogP contribution in [0, 0.1) is 5.92 Å². The number of pyridine rings is 1. The minimum atomic E-state index is 0.394. The van der Waals surface area contributed by atoms with Gasteiger partial charge >= 0.3 is 0 Å². The summed E-state index contributed by atoms with van der Waals surface area (Å²) >= 11 is 0. The summed E-state index contributed by atoms with van der Waals surface area (Å²) < 4.78 is 6.03. The van der Waals surface area contributed by atoms with E-state index in [1.807, 2.05) is 0 Å². The molecule has 4 nitrogen and oxygen atoms in total. The number of likely N-dealkylation sites (tertiary alicyclic amines) is 1. The Balaban J connectivity index is 1.47. The lowest BCUT2D eigenvalue weighted by molar-refractivity contribution is 0.0514. The molecule has 2 saturated heterocycles. The molecule has 4 rings (SSSR count). The van der Waals surface area contributed by atoms with Crippen LogP contribution in [0.4, 0.5) is 0 Å². The third-order valence-corrected chi connectivity index (χ3v) is 4.85. The van der Waals surface area contributed by atoms with Crippen LogP contribution < -0.4 is 0 Å². The first-order chi connectivity index (χ1) is 10.8.